The van der Waals surface area contributed by atoms with Gasteiger partial charge in [-0.2, -0.15) is 0 Å². The van der Waals surface area contributed by atoms with Crippen LogP contribution in [0.1, 0.15) is 106 Å². The first kappa shape index (κ1) is 36.6. The van der Waals surface area contributed by atoms with Gasteiger partial charge in [-0.15, -0.1) is 0 Å². The molecule has 0 aromatic rings. The van der Waals surface area contributed by atoms with Crippen molar-refractivity contribution in [3.05, 3.63) is 0 Å². The number of amides is 1. The summed E-state index contributed by atoms with van der Waals surface area (Å²) in [6, 6.07) is 0. The number of hydrogen-bond donors (Lipinski definition) is 2. The molecule has 10 nitrogen and oxygen atoms in total. The van der Waals surface area contributed by atoms with Gasteiger partial charge in [0.15, 0.2) is 6.29 Å². The lowest BCUT2D eigenvalue weighted by atomic mass is 9.43. The molecular formula is C42H70N4O6. The molecule has 0 bridgehead atoms. The highest BCUT2D eigenvalue weighted by atomic mass is 16.7. The summed E-state index contributed by atoms with van der Waals surface area (Å²) in [5, 5.41) is 12.6. The Balaban J connectivity index is 0.925. The third-order valence-electron chi connectivity index (χ3n) is 18.0. The topological polar surface area (TPSA) is 110 Å². The van der Waals surface area contributed by atoms with Crippen LogP contribution in [0.4, 0.5) is 4.79 Å². The van der Waals surface area contributed by atoms with Gasteiger partial charge >= 0.3 is 6.09 Å². The first-order valence-corrected chi connectivity index (χ1v) is 21.3. The molecule has 14 atom stereocenters. The fourth-order valence-electron chi connectivity index (χ4n) is 15.4. The molecule has 9 fully saturated rings. The lowest BCUT2D eigenvalue weighted by Gasteiger charge is -2.63. The number of aliphatic hydroxyl groups is 1. The number of ether oxygens (including phenoxy) is 4. The first-order valence-electron chi connectivity index (χ1n) is 21.3. The van der Waals surface area contributed by atoms with Crippen molar-refractivity contribution in [1.29, 1.82) is 0 Å². The Kier molecular flexibility index (Phi) is 8.45. The number of morpholine rings is 1. The molecule has 14 unspecified atom stereocenters. The Morgan fingerprint density at radius 3 is 2.37 bits per heavy atom. The van der Waals surface area contributed by atoms with E-state index < -0.39 is 11.6 Å². The zero-order chi connectivity index (χ0) is 36.8. The van der Waals surface area contributed by atoms with Gasteiger partial charge in [0.25, 0.3) is 0 Å². The number of rotatable bonds is 6. The normalized spacial score (nSPS) is 51.1. The number of nitrogens with two attached hydrogens (primary N) is 1. The Hall–Kier alpha value is -1.01. The van der Waals surface area contributed by atoms with E-state index in [9.17, 15) is 9.90 Å². The minimum atomic E-state index is -0.737. The smallest absolute Gasteiger partial charge is 0.410 e. The Morgan fingerprint density at radius 1 is 0.981 bits per heavy atom. The van der Waals surface area contributed by atoms with Gasteiger partial charge in [-0.05, 0) is 123 Å². The number of hydrogen-bond acceptors (Lipinski definition) is 9. The van der Waals surface area contributed by atoms with Crippen molar-refractivity contribution in [2.45, 2.75) is 154 Å². The number of carbonyl (C=O) groups is 1. The van der Waals surface area contributed by atoms with Crippen molar-refractivity contribution in [1.82, 2.24) is 14.7 Å². The van der Waals surface area contributed by atoms with Crippen LogP contribution in [0, 0.1) is 51.2 Å². The van der Waals surface area contributed by atoms with Crippen LogP contribution in [0.3, 0.4) is 0 Å². The van der Waals surface area contributed by atoms with E-state index in [0.717, 1.165) is 84.4 Å². The van der Waals surface area contributed by atoms with Gasteiger partial charge in [0.1, 0.15) is 6.10 Å². The molecule has 4 heterocycles. The number of aliphatic hydroxyl groups excluding tert-OH is 1. The average Bonchev–Trinajstić information content (AvgIpc) is 3.68. The molecule has 0 aromatic heterocycles. The number of carbonyl (C=O) groups excluding carboxylic acids is 1. The summed E-state index contributed by atoms with van der Waals surface area (Å²) in [5.74, 6) is 1.47. The first-order chi connectivity index (χ1) is 24.5. The second kappa shape index (κ2) is 12.0. The van der Waals surface area contributed by atoms with E-state index in [1.165, 1.54) is 19.3 Å². The highest BCUT2D eigenvalue weighted by Crippen LogP contribution is 2.87. The van der Waals surface area contributed by atoms with Gasteiger partial charge in [-0.3, -0.25) is 4.90 Å². The molecule has 52 heavy (non-hydrogen) atoms. The van der Waals surface area contributed by atoms with Crippen LogP contribution in [0.15, 0.2) is 0 Å². The van der Waals surface area contributed by atoms with E-state index in [2.05, 4.69) is 65.3 Å². The van der Waals surface area contributed by atoms with Crippen molar-refractivity contribution >= 4 is 6.09 Å². The highest BCUT2D eigenvalue weighted by Gasteiger charge is 2.85. The van der Waals surface area contributed by atoms with Gasteiger partial charge in [0, 0.05) is 38.3 Å². The maximum Gasteiger partial charge on any atom is 0.410 e. The summed E-state index contributed by atoms with van der Waals surface area (Å²) in [5.41, 5.74) is 7.69. The molecular weight excluding hydrogens is 656 g/mol. The molecule has 1 amide bonds. The highest BCUT2D eigenvalue weighted by molar-refractivity contribution is 5.68. The lowest BCUT2D eigenvalue weighted by Crippen LogP contribution is -2.70. The van der Waals surface area contributed by atoms with E-state index in [4.69, 9.17) is 24.7 Å². The van der Waals surface area contributed by atoms with Gasteiger partial charge < -0.3 is 39.6 Å². The van der Waals surface area contributed by atoms with Crippen molar-refractivity contribution in [3.63, 3.8) is 0 Å². The third kappa shape index (κ3) is 4.82. The molecule has 5 aliphatic carbocycles. The minimum absolute atomic E-state index is 0.0356. The molecule has 2 spiro atoms. The maximum atomic E-state index is 13.0. The predicted molar refractivity (Wildman–Crippen MR) is 198 cm³/mol. The standard InChI is InChI=1S/C42H70N4O6/c1-25(2)33(52-36(48)45-16-9-17-45)27-20-26(3)32-34(50-27)35(47)42(43)29-11-10-28-37(4,5)30(12-13-40(28)22-41(29,40)15-14-39(32,42)7)51-31-21-46(18-19-49-31)38(6)23-44(8)24-38/h25-35,47H,9-24,43H2,1-8H3. The molecule has 9 rings (SSSR count). The van der Waals surface area contributed by atoms with Crippen molar-refractivity contribution in [2.75, 3.05) is 52.9 Å². The molecule has 294 valence electrons. The van der Waals surface area contributed by atoms with Crippen LogP contribution < -0.4 is 5.73 Å². The molecule has 4 aliphatic heterocycles. The summed E-state index contributed by atoms with van der Waals surface area (Å²) in [7, 11) is 2.21. The van der Waals surface area contributed by atoms with Crippen LogP contribution in [-0.4, -0.2) is 127 Å². The number of likely N-dealkylation sites (N-methyl/N-ethyl adjacent to an activating group) is 1. The fraction of sp³-hybridized carbons (Fsp3) is 0.976. The Bertz CT molecular complexity index is 1420. The van der Waals surface area contributed by atoms with E-state index in [0.29, 0.717) is 11.8 Å². The summed E-state index contributed by atoms with van der Waals surface area (Å²) in [6.07, 6.45) is 7.92. The summed E-state index contributed by atoms with van der Waals surface area (Å²) in [4.78, 5) is 19.8. The van der Waals surface area contributed by atoms with Gasteiger partial charge in [-0.25, -0.2) is 4.79 Å². The molecule has 10 heteroatoms. The van der Waals surface area contributed by atoms with Crippen molar-refractivity contribution < 1.29 is 28.8 Å². The zero-order valence-corrected chi connectivity index (χ0v) is 33.6. The SMILES string of the molecule is CC(C)C(OC(=O)N1CCC1)C1CC(C)C2C(O1)C(O)C1(N)C3CCC4C(C)(C)C(OC5CN(C6(C)CN(C)C6)CCO5)CCC45CC35CCC21C. The maximum absolute atomic E-state index is 13.0. The average molecular weight is 727 g/mol. The van der Waals surface area contributed by atoms with Crippen LogP contribution >= 0.6 is 0 Å². The summed E-state index contributed by atoms with van der Waals surface area (Å²) in [6.45, 7) is 22.7. The molecule has 3 N–H and O–H groups in total. The molecule has 4 saturated heterocycles. The molecule has 0 radical (unpaired) electrons. The molecule has 0 aromatic carbocycles. The summed E-state index contributed by atoms with van der Waals surface area (Å²) < 4.78 is 26.5. The second-order valence-electron chi connectivity index (χ2n) is 21.2. The fourth-order valence-corrected chi connectivity index (χ4v) is 15.4. The van der Waals surface area contributed by atoms with Crippen LogP contribution in [0.5, 0.6) is 0 Å². The van der Waals surface area contributed by atoms with E-state index in [1.807, 2.05) is 0 Å². The number of nitrogens with zero attached hydrogens (tertiary/aromatic N) is 3. The van der Waals surface area contributed by atoms with Crippen LogP contribution in [-0.2, 0) is 18.9 Å². The lowest BCUT2D eigenvalue weighted by molar-refractivity contribution is -0.256. The predicted octanol–water partition coefficient (Wildman–Crippen LogP) is 5.11. The van der Waals surface area contributed by atoms with Crippen LogP contribution in [0.25, 0.3) is 0 Å². The summed E-state index contributed by atoms with van der Waals surface area (Å²) >= 11 is 0. The number of fused-ring (bicyclic) bond motifs is 4. The van der Waals surface area contributed by atoms with Crippen LogP contribution in [0.2, 0.25) is 0 Å². The molecule has 9 aliphatic rings. The van der Waals surface area contributed by atoms with E-state index >= 15 is 0 Å². The van der Waals surface area contributed by atoms with Crippen molar-refractivity contribution in [2.24, 2.45) is 57.0 Å². The van der Waals surface area contributed by atoms with Crippen molar-refractivity contribution in [3.8, 4) is 0 Å². The minimum Gasteiger partial charge on any atom is -0.443 e. The Morgan fingerprint density at radius 2 is 1.69 bits per heavy atom. The van der Waals surface area contributed by atoms with Gasteiger partial charge in [-0.1, -0.05) is 41.5 Å². The van der Waals surface area contributed by atoms with E-state index in [-0.39, 0.29) is 81.8 Å². The third-order valence-corrected chi connectivity index (χ3v) is 18.0. The Labute approximate surface area is 313 Å². The van der Waals surface area contributed by atoms with E-state index in [1.54, 1.807) is 4.90 Å². The zero-order valence-electron chi connectivity index (χ0n) is 33.6. The largest absolute Gasteiger partial charge is 0.443 e. The second-order valence-corrected chi connectivity index (χ2v) is 21.2. The van der Waals surface area contributed by atoms with Gasteiger partial charge in [0.05, 0.1) is 43.1 Å². The monoisotopic (exact) mass is 727 g/mol. The molecule has 5 saturated carbocycles. The quantitative estimate of drug-likeness (QED) is 0.386. The number of likely N-dealkylation sites (tertiary alicyclic amines) is 2. The van der Waals surface area contributed by atoms with Gasteiger partial charge in [0.2, 0.25) is 0 Å².